The Bertz CT molecular complexity index is 1070. The molecule has 0 unspecified atom stereocenters. The maximum Gasteiger partial charge on any atom is 0.224 e. The summed E-state index contributed by atoms with van der Waals surface area (Å²) < 4.78 is 5.80. The molecule has 1 aromatic heterocycles. The number of allylic oxidation sites excluding steroid dienone is 1. The summed E-state index contributed by atoms with van der Waals surface area (Å²) in [7, 11) is 0. The topological polar surface area (TPSA) is 68.3 Å². The number of pyridine rings is 1. The predicted molar refractivity (Wildman–Crippen MR) is 112 cm³/mol. The Hall–Kier alpha value is -3.47. The van der Waals surface area contributed by atoms with Gasteiger partial charge >= 0.3 is 0 Å². The van der Waals surface area contributed by atoms with Gasteiger partial charge in [0.25, 0.3) is 0 Å². The van der Waals surface area contributed by atoms with Gasteiger partial charge in [-0.15, -0.1) is 0 Å². The van der Waals surface area contributed by atoms with Crippen LogP contribution in [0, 0.1) is 0 Å². The molecule has 1 aliphatic carbocycles. The normalized spacial score (nSPS) is 13.7. The van der Waals surface area contributed by atoms with Crippen LogP contribution in [0.1, 0.15) is 24.8 Å². The lowest BCUT2D eigenvalue weighted by Crippen LogP contribution is -2.28. The molecule has 0 radical (unpaired) electrons. The summed E-state index contributed by atoms with van der Waals surface area (Å²) >= 11 is 0. The van der Waals surface area contributed by atoms with Gasteiger partial charge in [-0.25, -0.2) is 0 Å². The molecule has 0 saturated heterocycles. The summed E-state index contributed by atoms with van der Waals surface area (Å²) in [6.07, 6.45) is 3.01. The number of fused-ring (bicyclic) bond motifs is 1. The minimum Gasteiger partial charge on any atom is -0.489 e. The van der Waals surface area contributed by atoms with Crippen molar-refractivity contribution in [3.63, 3.8) is 0 Å². The number of aromatic nitrogens is 1. The number of nitrogens with zero attached hydrogens (tertiary/aromatic N) is 1. The number of hydrogen-bond acceptors (Lipinski definition) is 4. The Balaban J connectivity index is 1.33. The van der Waals surface area contributed by atoms with Gasteiger partial charge in [-0.3, -0.25) is 14.6 Å². The standard InChI is InChI=1S/C24H22N2O3/c27-21-12-11-19(17-6-2-1-3-7-17)20(21)16-23(28)25-14-15-29-22-10-4-8-18-9-5-13-26-24(18)22/h1-10,13H,11-12,14-16H2,(H,25,28). The first-order valence-corrected chi connectivity index (χ1v) is 9.76. The lowest BCUT2D eigenvalue weighted by atomic mass is 10.00. The second-order valence-corrected chi connectivity index (χ2v) is 6.95. The first-order valence-electron chi connectivity index (χ1n) is 9.76. The zero-order chi connectivity index (χ0) is 20.1. The van der Waals surface area contributed by atoms with E-state index in [0.717, 1.165) is 22.0 Å². The van der Waals surface area contributed by atoms with Crippen LogP contribution in [-0.2, 0) is 9.59 Å². The summed E-state index contributed by atoms with van der Waals surface area (Å²) in [6, 6.07) is 19.4. The van der Waals surface area contributed by atoms with Crippen molar-refractivity contribution >= 4 is 28.2 Å². The second kappa shape index (κ2) is 8.69. The highest BCUT2D eigenvalue weighted by Crippen LogP contribution is 2.33. The second-order valence-electron chi connectivity index (χ2n) is 6.95. The van der Waals surface area contributed by atoms with E-state index in [1.165, 1.54) is 0 Å². The van der Waals surface area contributed by atoms with Gasteiger partial charge in [0.15, 0.2) is 5.78 Å². The van der Waals surface area contributed by atoms with E-state index in [1.54, 1.807) is 6.20 Å². The van der Waals surface area contributed by atoms with Crippen LogP contribution in [0.3, 0.4) is 0 Å². The third-order valence-corrected chi connectivity index (χ3v) is 5.04. The number of benzene rings is 2. The number of amides is 1. The number of rotatable bonds is 7. The molecule has 1 N–H and O–H groups in total. The molecule has 0 spiro atoms. The van der Waals surface area contributed by atoms with Gasteiger partial charge in [0.1, 0.15) is 17.9 Å². The van der Waals surface area contributed by atoms with E-state index in [4.69, 9.17) is 4.74 Å². The van der Waals surface area contributed by atoms with Gasteiger partial charge < -0.3 is 10.1 Å². The maximum atomic E-state index is 12.4. The molecular formula is C24H22N2O3. The fourth-order valence-electron chi connectivity index (χ4n) is 3.64. The van der Waals surface area contributed by atoms with E-state index in [0.29, 0.717) is 37.3 Å². The van der Waals surface area contributed by atoms with Crippen LogP contribution in [0.2, 0.25) is 0 Å². The molecule has 4 rings (SSSR count). The van der Waals surface area contributed by atoms with Crippen molar-refractivity contribution in [2.45, 2.75) is 19.3 Å². The number of ketones is 1. The van der Waals surface area contributed by atoms with Crippen molar-refractivity contribution in [3.05, 3.63) is 78.0 Å². The highest BCUT2D eigenvalue weighted by atomic mass is 16.5. The number of carbonyl (C=O) groups excluding carboxylic acids is 2. The van der Waals surface area contributed by atoms with Crippen molar-refractivity contribution in [2.24, 2.45) is 0 Å². The molecule has 0 aliphatic heterocycles. The van der Waals surface area contributed by atoms with E-state index in [1.807, 2.05) is 60.7 Å². The monoisotopic (exact) mass is 386 g/mol. The molecule has 1 aliphatic rings. The SMILES string of the molecule is O=C(CC1=C(c2ccccc2)CCC1=O)NCCOc1cccc2cccnc12. The fraction of sp³-hybridized carbons (Fsp3) is 0.208. The lowest BCUT2D eigenvalue weighted by molar-refractivity contribution is -0.122. The molecule has 0 fully saturated rings. The average Bonchev–Trinajstić information content (AvgIpc) is 3.12. The summed E-state index contributed by atoms with van der Waals surface area (Å²) in [6.45, 7) is 0.699. The number of nitrogens with one attached hydrogen (secondary N) is 1. The van der Waals surface area contributed by atoms with Crippen LogP contribution in [0.25, 0.3) is 16.5 Å². The van der Waals surface area contributed by atoms with Crippen molar-refractivity contribution < 1.29 is 14.3 Å². The maximum absolute atomic E-state index is 12.4. The van der Waals surface area contributed by atoms with Gasteiger partial charge in [-0.2, -0.15) is 0 Å². The number of Topliss-reactive ketones (excluding diaryl/α,β-unsaturated/α-hetero) is 1. The van der Waals surface area contributed by atoms with Gasteiger partial charge in [-0.05, 0) is 29.7 Å². The Morgan fingerprint density at radius 1 is 1.00 bits per heavy atom. The minimum atomic E-state index is -0.164. The molecule has 29 heavy (non-hydrogen) atoms. The molecule has 0 saturated carbocycles. The largest absolute Gasteiger partial charge is 0.489 e. The van der Waals surface area contributed by atoms with E-state index in [-0.39, 0.29) is 18.1 Å². The lowest BCUT2D eigenvalue weighted by Gasteiger charge is -2.10. The number of para-hydroxylation sites is 1. The van der Waals surface area contributed by atoms with Gasteiger partial charge in [-0.1, -0.05) is 48.5 Å². The third kappa shape index (κ3) is 4.35. The fourth-order valence-corrected chi connectivity index (χ4v) is 3.64. The third-order valence-electron chi connectivity index (χ3n) is 5.04. The van der Waals surface area contributed by atoms with E-state index in [9.17, 15) is 9.59 Å². The molecular weight excluding hydrogens is 364 g/mol. The summed E-state index contributed by atoms with van der Waals surface area (Å²) in [5.41, 5.74) is 3.44. The highest BCUT2D eigenvalue weighted by molar-refractivity contribution is 6.10. The van der Waals surface area contributed by atoms with Crippen LogP contribution in [0.5, 0.6) is 5.75 Å². The first kappa shape index (κ1) is 18.9. The number of carbonyl (C=O) groups is 2. The van der Waals surface area contributed by atoms with Gasteiger partial charge in [0.2, 0.25) is 5.91 Å². The molecule has 0 bridgehead atoms. The van der Waals surface area contributed by atoms with Gasteiger partial charge in [0, 0.05) is 23.6 Å². The molecule has 1 heterocycles. The quantitative estimate of drug-likeness (QED) is 0.625. The van der Waals surface area contributed by atoms with Gasteiger partial charge in [0.05, 0.1) is 13.0 Å². The van der Waals surface area contributed by atoms with Crippen molar-refractivity contribution in [2.75, 3.05) is 13.2 Å². The molecule has 5 heteroatoms. The highest BCUT2D eigenvalue weighted by Gasteiger charge is 2.25. The molecule has 5 nitrogen and oxygen atoms in total. The van der Waals surface area contributed by atoms with Crippen LogP contribution >= 0.6 is 0 Å². The van der Waals surface area contributed by atoms with Crippen LogP contribution in [-0.4, -0.2) is 29.8 Å². The summed E-state index contributed by atoms with van der Waals surface area (Å²) in [5.74, 6) is 0.595. The molecule has 3 aromatic rings. The Kier molecular flexibility index (Phi) is 5.66. The molecule has 2 aromatic carbocycles. The molecule has 0 atom stereocenters. The van der Waals surface area contributed by atoms with Crippen molar-refractivity contribution in [1.29, 1.82) is 0 Å². The molecule has 146 valence electrons. The van der Waals surface area contributed by atoms with E-state index >= 15 is 0 Å². The average molecular weight is 386 g/mol. The van der Waals surface area contributed by atoms with Crippen LogP contribution < -0.4 is 10.1 Å². The van der Waals surface area contributed by atoms with E-state index in [2.05, 4.69) is 10.3 Å². The number of ether oxygens (including phenoxy) is 1. The van der Waals surface area contributed by atoms with E-state index < -0.39 is 0 Å². The van der Waals surface area contributed by atoms with Crippen molar-refractivity contribution in [1.82, 2.24) is 10.3 Å². The zero-order valence-corrected chi connectivity index (χ0v) is 16.1. The van der Waals surface area contributed by atoms with Crippen LogP contribution in [0.4, 0.5) is 0 Å². The molecule has 1 amide bonds. The summed E-state index contributed by atoms with van der Waals surface area (Å²) in [4.78, 5) is 29.0. The predicted octanol–water partition coefficient (Wildman–Crippen LogP) is 3.94. The Morgan fingerprint density at radius 3 is 2.69 bits per heavy atom. The zero-order valence-electron chi connectivity index (χ0n) is 16.1. The van der Waals surface area contributed by atoms with Crippen LogP contribution in [0.15, 0.2) is 72.4 Å². The summed E-state index contributed by atoms with van der Waals surface area (Å²) in [5, 5.41) is 3.86. The first-order chi connectivity index (χ1) is 14.2. The number of hydrogen-bond donors (Lipinski definition) is 1. The minimum absolute atomic E-state index is 0.0667. The Labute approximate surface area is 169 Å². The Morgan fingerprint density at radius 2 is 1.83 bits per heavy atom. The van der Waals surface area contributed by atoms with Crippen molar-refractivity contribution in [3.8, 4) is 5.75 Å². The smallest absolute Gasteiger partial charge is 0.224 e.